The molecule has 0 saturated carbocycles. The average molecular weight is 1040 g/mol. The fourth-order valence-electron chi connectivity index (χ4n) is 15.2. The van der Waals surface area contributed by atoms with Gasteiger partial charge in [-0.25, -0.2) is 0 Å². The SMILES string of the molecule is c1ccc(-c2cc(-c3ccccc3)c(B3c4cccc5c4N4c6c3cccc6C3(c6ccccc6-c6ccccc63)c3cccc(c34)B5c3c(-c4ccccc4)cc(-c4ccccc4)cc3-c3ccccc3)c(-c3ccccc3)c2)cc1. The van der Waals surface area contributed by atoms with Crippen LogP contribution < -0.4 is 37.7 Å². The summed E-state index contributed by atoms with van der Waals surface area (Å²) in [6.45, 7) is -0.370. The summed E-state index contributed by atoms with van der Waals surface area (Å²) in [5.41, 5.74) is 33.5. The van der Waals surface area contributed by atoms with Crippen LogP contribution >= 0.6 is 0 Å². The molecule has 4 aliphatic rings. The maximum Gasteiger partial charge on any atom is 0.248 e. The quantitative estimate of drug-likeness (QED) is 0.137. The molecule has 0 unspecified atom stereocenters. The summed E-state index contributed by atoms with van der Waals surface area (Å²) in [6, 6.07) is 117. The van der Waals surface area contributed by atoms with Crippen LogP contribution in [0.25, 0.3) is 77.9 Å². The molecule has 3 heteroatoms. The van der Waals surface area contributed by atoms with Crippen LogP contribution in [0.5, 0.6) is 0 Å². The first-order valence-corrected chi connectivity index (χ1v) is 28.8. The minimum Gasteiger partial charge on any atom is -0.312 e. The van der Waals surface area contributed by atoms with Crippen LogP contribution in [-0.4, -0.2) is 13.4 Å². The third-order valence-corrected chi connectivity index (χ3v) is 18.4. The van der Waals surface area contributed by atoms with Gasteiger partial charge in [-0.2, -0.15) is 0 Å². The second-order valence-corrected chi connectivity index (χ2v) is 22.5. The van der Waals surface area contributed by atoms with E-state index < -0.39 is 5.41 Å². The number of para-hydroxylation sites is 3. The summed E-state index contributed by atoms with van der Waals surface area (Å²) in [6.07, 6.45) is 0. The molecule has 1 nitrogen and oxygen atoms in total. The molecule has 0 saturated heterocycles. The maximum atomic E-state index is 2.76. The largest absolute Gasteiger partial charge is 0.312 e. The van der Waals surface area contributed by atoms with Crippen molar-refractivity contribution in [3.63, 3.8) is 0 Å². The van der Waals surface area contributed by atoms with E-state index in [9.17, 15) is 0 Å². The minimum absolute atomic E-state index is 0.185. The molecule has 378 valence electrons. The molecule has 0 radical (unpaired) electrons. The Morgan fingerprint density at radius 3 is 0.817 bits per heavy atom. The molecule has 0 amide bonds. The van der Waals surface area contributed by atoms with Gasteiger partial charge in [-0.05, 0) is 146 Å². The molecule has 3 aliphatic heterocycles. The van der Waals surface area contributed by atoms with Gasteiger partial charge >= 0.3 is 0 Å². The van der Waals surface area contributed by atoms with Crippen molar-refractivity contribution in [2.45, 2.75) is 5.41 Å². The van der Waals surface area contributed by atoms with Crippen LogP contribution in [0.3, 0.4) is 0 Å². The fraction of sp³-hybridized carbons (Fsp3) is 0.0127. The minimum atomic E-state index is -0.636. The molecule has 1 spiro atoms. The van der Waals surface area contributed by atoms with Gasteiger partial charge in [-0.15, -0.1) is 0 Å². The van der Waals surface area contributed by atoms with Gasteiger partial charge in [0, 0.05) is 17.1 Å². The van der Waals surface area contributed by atoms with E-state index in [0.717, 1.165) is 0 Å². The molecule has 13 aromatic rings. The Hall–Kier alpha value is -10.2. The Balaban J connectivity index is 1.06. The summed E-state index contributed by atoms with van der Waals surface area (Å²) in [4.78, 5) is 2.76. The fourth-order valence-corrected chi connectivity index (χ4v) is 15.2. The van der Waals surface area contributed by atoms with Gasteiger partial charge in [0.15, 0.2) is 0 Å². The Kier molecular flexibility index (Phi) is 10.5. The van der Waals surface area contributed by atoms with Gasteiger partial charge in [0.05, 0.1) is 5.41 Å². The van der Waals surface area contributed by atoms with Crippen molar-refractivity contribution in [3.8, 4) is 77.9 Å². The lowest BCUT2D eigenvalue weighted by molar-refractivity contribution is 0.754. The summed E-state index contributed by atoms with van der Waals surface area (Å²) >= 11 is 0. The second kappa shape index (κ2) is 18.4. The lowest BCUT2D eigenvalue weighted by Crippen LogP contribution is -2.67. The molecule has 0 aromatic heterocycles. The topological polar surface area (TPSA) is 3.24 Å². The smallest absolute Gasteiger partial charge is 0.248 e. The lowest BCUT2D eigenvalue weighted by Gasteiger charge is -2.53. The van der Waals surface area contributed by atoms with Crippen molar-refractivity contribution in [2.24, 2.45) is 0 Å². The number of hydrogen-bond acceptors (Lipinski definition) is 1. The Morgan fingerprint density at radius 2 is 0.476 bits per heavy atom. The lowest BCUT2D eigenvalue weighted by atomic mass is 9.28. The highest BCUT2D eigenvalue weighted by molar-refractivity contribution is 7.03. The van der Waals surface area contributed by atoms with E-state index >= 15 is 0 Å². The van der Waals surface area contributed by atoms with E-state index in [2.05, 4.69) is 314 Å². The van der Waals surface area contributed by atoms with Crippen LogP contribution in [0.4, 0.5) is 17.1 Å². The van der Waals surface area contributed by atoms with Crippen molar-refractivity contribution < 1.29 is 0 Å². The Bertz CT molecular complexity index is 4260. The summed E-state index contributed by atoms with van der Waals surface area (Å²) < 4.78 is 0. The molecule has 0 bridgehead atoms. The average Bonchev–Trinajstić information content (AvgIpc) is 2.10. The monoisotopic (exact) mass is 1040 g/mol. The highest BCUT2D eigenvalue weighted by atomic mass is 15.2. The van der Waals surface area contributed by atoms with Crippen molar-refractivity contribution in [1.29, 1.82) is 0 Å². The van der Waals surface area contributed by atoms with Gasteiger partial charge in [0.25, 0.3) is 0 Å². The summed E-state index contributed by atoms with van der Waals surface area (Å²) in [5, 5.41) is 0. The van der Waals surface area contributed by atoms with Crippen LogP contribution in [-0.2, 0) is 5.41 Å². The maximum absolute atomic E-state index is 2.76. The van der Waals surface area contributed by atoms with Crippen LogP contribution in [0, 0.1) is 0 Å². The first kappa shape index (κ1) is 46.7. The molecular weight excluding hydrogens is 984 g/mol. The van der Waals surface area contributed by atoms with Crippen molar-refractivity contribution in [2.75, 3.05) is 4.90 Å². The molecule has 0 atom stereocenters. The summed E-state index contributed by atoms with van der Waals surface area (Å²) in [7, 11) is 0. The van der Waals surface area contributed by atoms with Crippen molar-refractivity contribution >= 4 is 63.3 Å². The first-order chi connectivity index (χ1) is 40.7. The molecule has 13 aromatic carbocycles. The predicted molar refractivity (Wildman–Crippen MR) is 347 cm³/mol. The number of anilines is 3. The van der Waals surface area contributed by atoms with Crippen molar-refractivity contribution in [1.82, 2.24) is 0 Å². The zero-order valence-corrected chi connectivity index (χ0v) is 45.0. The Labute approximate surface area is 480 Å². The van der Waals surface area contributed by atoms with Crippen LogP contribution in [0.2, 0.25) is 0 Å². The van der Waals surface area contributed by atoms with Crippen molar-refractivity contribution in [3.05, 3.63) is 332 Å². The molecule has 17 rings (SSSR count). The normalized spacial score (nSPS) is 13.4. The van der Waals surface area contributed by atoms with E-state index in [1.807, 2.05) is 0 Å². The third-order valence-electron chi connectivity index (χ3n) is 18.4. The molecular formula is C79H51B2N. The van der Waals surface area contributed by atoms with Crippen LogP contribution in [0.15, 0.2) is 309 Å². The number of benzene rings is 13. The van der Waals surface area contributed by atoms with Gasteiger partial charge in [0.1, 0.15) is 0 Å². The first-order valence-electron chi connectivity index (χ1n) is 28.8. The third kappa shape index (κ3) is 6.71. The van der Waals surface area contributed by atoms with E-state index in [-0.39, 0.29) is 13.4 Å². The molecule has 0 N–H and O–H groups in total. The highest BCUT2D eigenvalue weighted by Crippen LogP contribution is 2.63. The Morgan fingerprint density at radius 1 is 0.207 bits per heavy atom. The number of rotatable bonds is 8. The second-order valence-electron chi connectivity index (χ2n) is 22.5. The number of fused-ring (bicyclic) bond motifs is 7. The molecule has 0 fully saturated rings. The van der Waals surface area contributed by atoms with Crippen LogP contribution in [0.1, 0.15) is 22.3 Å². The van der Waals surface area contributed by atoms with E-state index in [4.69, 9.17) is 0 Å². The predicted octanol–water partition coefficient (Wildman–Crippen LogP) is 15.5. The molecule has 3 heterocycles. The standard InChI is InChI=1S/C79H51B2N/c1-7-26-52(27-8-1)58-48-62(54-30-11-3-12-31-54)74(63(49-58)55-32-13-4-14-33-55)80-70-44-23-42-68-76(70)82-77-69(79(68)66-40-21-19-38-60(66)61-39-20-22-41-67(61)79)43-24-45-71(77)81(73-47-25-46-72(80)78(73)82)75-64(56-34-15-5-16-35-56)50-59(53-28-9-2-10-29-53)51-65(75)57-36-17-6-18-37-57/h1-51H. The molecule has 82 heavy (non-hydrogen) atoms. The zero-order chi connectivity index (χ0) is 53.9. The van der Waals surface area contributed by atoms with E-state index in [0.29, 0.717) is 0 Å². The van der Waals surface area contributed by atoms with Gasteiger partial charge in [0.2, 0.25) is 13.4 Å². The molecule has 1 aliphatic carbocycles. The van der Waals surface area contributed by atoms with E-state index in [1.165, 1.54) is 150 Å². The van der Waals surface area contributed by atoms with Gasteiger partial charge in [-0.1, -0.05) is 296 Å². The summed E-state index contributed by atoms with van der Waals surface area (Å²) in [5.74, 6) is 0. The zero-order valence-electron chi connectivity index (χ0n) is 45.0. The highest BCUT2D eigenvalue weighted by Gasteiger charge is 2.57. The number of nitrogens with zero attached hydrogens (tertiary/aromatic N) is 1. The van der Waals surface area contributed by atoms with E-state index in [1.54, 1.807) is 0 Å². The van der Waals surface area contributed by atoms with Gasteiger partial charge < -0.3 is 4.90 Å². The van der Waals surface area contributed by atoms with Gasteiger partial charge in [-0.3, -0.25) is 0 Å². The number of hydrogen-bond donors (Lipinski definition) is 0.